The first-order valence-electron chi connectivity index (χ1n) is 8.22. The molecule has 1 aromatic heterocycles. The minimum Gasteiger partial charge on any atom is -0.352 e. The quantitative estimate of drug-likeness (QED) is 0.874. The van der Waals surface area contributed by atoms with Gasteiger partial charge in [-0.3, -0.25) is 0 Å². The van der Waals surface area contributed by atoms with E-state index in [1.807, 2.05) is 4.90 Å². The molecule has 2 aromatic rings. The van der Waals surface area contributed by atoms with Crippen LogP contribution in [0.2, 0.25) is 0 Å². The maximum absolute atomic E-state index is 13.0. The molecule has 2 heterocycles. The second-order valence-corrected chi connectivity index (χ2v) is 5.93. The molecule has 0 radical (unpaired) electrons. The van der Waals surface area contributed by atoms with Crippen molar-refractivity contribution < 1.29 is 18.0 Å². The predicted molar refractivity (Wildman–Crippen MR) is 93.2 cm³/mol. The fraction of sp³-hybridized carbons (Fsp3) is 0.278. The third kappa shape index (κ3) is 4.11. The van der Waals surface area contributed by atoms with E-state index in [0.717, 1.165) is 6.07 Å². The number of nitrogens with one attached hydrogen (secondary N) is 1. The molecule has 3 rings (SSSR count). The van der Waals surface area contributed by atoms with Crippen molar-refractivity contribution in [2.24, 2.45) is 0 Å². The summed E-state index contributed by atoms with van der Waals surface area (Å²) in [6.45, 7) is 1.48. The number of urea groups is 1. The lowest BCUT2D eigenvalue weighted by atomic mass is 10.1. The van der Waals surface area contributed by atoms with E-state index in [2.05, 4.69) is 16.4 Å². The Kier molecular flexibility index (Phi) is 5.16. The fourth-order valence-corrected chi connectivity index (χ4v) is 2.89. The van der Waals surface area contributed by atoms with Crippen LogP contribution in [0.25, 0.3) is 0 Å². The molecule has 27 heavy (non-hydrogen) atoms. The summed E-state index contributed by atoms with van der Waals surface area (Å²) in [7, 11) is 0. The van der Waals surface area contributed by atoms with Crippen LogP contribution in [0.15, 0.2) is 42.6 Å². The average molecular weight is 375 g/mol. The van der Waals surface area contributed by atoms with Gasteiger partial charge in [0.15, 0.2) is 0 Å². The number of aromatic nitrogens is 1. The molecule has 1 aliphatic heterocycles. The number of anilines is 2. The van der Waals surface area contributed by atoms with Crippen LogP contribution in [0.4, 0.5) is 29.5 Å². The van der Waals surface area contributed by atoms with Crippen LogP contribution in [-0.4, -0.2) is 42.1 Å². The Morgan fingerprint density at radius 2 is 1.81 bits per heavy atom. The predicted octanol–water partition coefficient (Wildman–Crippen LogP) is 3.33. The van der Waals surface area contributed by atoms with E-state index in [9.17, 15) is 18.0 Å². The number of hydrogen-bond acceptors (Lipinski definition) is 4. The Labute approximate surface area is 153 Å². The molecule has 1 saturated heterocycles. The first kappa shape index (κ1) is 18.5. The van der Waals surface area contributed by atoms with Crippen LogP contribution in [0.3, 0.4) is 0 Å². The van der Waals surface area contributed by atoms with Gasteiger partial charge in [0.1, 0.15) is 11.9 Å². The van der Waals surface area contributed by atoms with Crippen molar-refractivity contribution in [2.45, 2.75) is 6.18 Å². The Morgan fingerprint density at radius 3 is 2.48 bits per heavy atom. The zero-order valence-electron chi connectivity index (χ0n) is 14.2. The highest BCUT2D eigenvalue weighted by Gasteiger charge is 2.34. The van der Waals surface area contributed by atoms with Gasteiger partial charge in [0, 0.05) is 32.4 Å². The molecule has 1 aromatic carbocycles. The topological polar surface area (TPSA) is 72.3 Å². The molecule has 1 fully saturated rings. The zero-order valence-corrected chi connectivity index (χ0v) is 14.2. The van der Waals surface area contributed by atoms with Gasteiger partial charge in [0.05, 0.1) is 16.8 Å². The first-order valence-corrected chi connectivity index (χ1v) is 8.22. The zero-order chi connectivity index (χ0) is 19.4. The van der Waals surface area contributed by atoms with Crippen LogP contribution in [0.5, 0.6) is 0 Å². The highest BCUT2D eigenvalue weighted by molar-refractivity contribution is 5.90. The van der Waals surface area contributed by atoms with Crippen molar-refractivity contribution in [3.8, 4) is 6.07 Å². The van der Waals surface area contributed by atoms with Crippen LogP contribution in [0.1, 0.15) is 11.1 Å². The van der Waals surface area contributed by atoms with Crippen LogP contribution < -0.4 is 10.2 Å². The largest absolute Gasteiger partial charge is 0.418 e. The van der Waals surface area contributed by atoms with Gasteiger partial charge in [-0.25, -0.2) is 9.78 Å². The van der Waals surface area contributed by atoms with Gasteiger partial charge >= 0.3 is 12.2 Å². The van der Waals surface area contributed by atoms with Gasteiger partial charge in [-0.1, -0.05) is 12.1 Å². The Morgan fingerprint density at radius 1 is 1.11 bits per heavy atom. The highest BCUT2D eigenvalue weighted by Crippen LogP contribution is 2.34. The number of nitriles is 1. The van der Waals surface area contributed by atoms with E-state index in [0.29, 0.717) is 37.6 Å². The number of hydrogen-bond donors (Lipinski definition) is 1. The smallest absolute Gasteiger partial charge is 0.352 e. The van der Waals surface area contributed by atoms with Gasteiger partial charge in [-0.2, -0.15) is 18.4 Å². The van der Waals surface area contributed by atoms with Gasteiger partial charge < -0.3 is 15.1 Å². The van der Waals surface area contributed by atoms with Crippen LogP contribution in [-0.2, 0) is 6.18 Å². The van der Waals surface area contributed by atoms with E-state index < -0.39 is 17.8 Å². The highest BCUT2D eigenvalue weighted by atomic mass is 19.4. The summed E-state index contributed by atoms with van der Waals surface area (Å²) in [6, 6.07) is 9.69. The van der Waals surface area contributed by atoms with E-state index in [-0.39, 0.29) is 5.69 Å². The van der Waals surface area contributed by atoms with Crippen molar-refractivity contribution in [2.75, 3.05) is 36.4 Å². The summed E-state index contributed by atoms with van der Waals surface area (Å²) in [5, 5.41) is 11.5. The molecular formula is C18H16F3N5O. The third-order valence-corrected chi connectivity index (χ3v) is 4.25. The number of carbonyl (C=O) groups excluding carboxylic acids is 1. The minimum atomic E-state index is -4.55. The molecule has 0 aliphatic carbocycles. The van der Waals surface area contributed by atoms with E-state index in [1.54, 1.807) is 18.3 Å². The van der Waals surface area contributed by atoms with Crippen LogP contribution in [0, 0.1) is 11.3 Å². The van der Waals surface area contributed by atoms with Gasteiger partial charge in [-0.05, 0) is 24.3 Å². The van der Waals surface area contributed by atoms with Crippen molar-refractivity contribution >= 4 is 17.5 Å². The van der Waals surface area contributed by atoms with Gasteiger partial charge in [-0.15, -0.1) is 0 Å². The number of piperazine rings is 1. The summed E-state index contributed by atoms with van der Waals surface area (Å²) in [5.74, 6) is 0.544. The van der Waals surface area contributed by atoms with E-state index in [1.165, 1.54) is 23.1 Å². The first-order chi connectivity index (χ1) is 12.9. The molecule has 2 amide bonds. The molecule has 9 heteroatoms. The van der Waals surface area contributed by atoms with Crippen molar-refractivity contribution in [1.82, 2.24) is 9.88 Å². The number of carbonyl (C=O) groups is 1. The number of rotatable bonds is 2. The number of benzene rings is 1. The molecule has 0 spiro atoms. The van der Waals surface area contributed by atoms with Crippen molar-refractivity contribution in [1.29, 1.82) is 5.26 Å². The molecule has 0 atom stereocenters. The second kappa shape index (κ2) is 7.53. The Bertz CT molecular complexity index is 870. The number of alkyl halides is 3. The lowest BCUT2D eigenvalue weighted by Crippen LogP contribution is -2.50. The Balaban J connectivity index is 1.66. The monoisotopic (exact) mass is 375 g/mol. The Hall–Kier alpha value is -3.28. The second-order valence-electron chi connectivity index (χ2n) is 5.93. The minimum absolute atomic E-state index is 0.270. The SMILES string of the molecule is N#Cc1cccnc1N1CCN(C(=O)Nc2ccccc2C(F)(F)F)CC1. The summed E-state index contributed by atoms with van der Waals surface area (Å²) < 4.78 is 39.1. The fourth-order valence-electron chi connectivity index (χ4n) is 2.89. The molecule has 1 N–H and O–H groups in total. The average Bonchev–Trinajstić information content (AvgIpc) is 2.67. The summed E-state index contributed by atoms with van der Waals surface area (Å²) in [4.78, 5) is 19.9. The third-order valence-electron chi connectivity index (χ3n) is 4.25. The number of para-hydroxylation sites is 1. The lowest BCUT2D eigenvalue weighted by Gasteiger charge is -2.35. The molecule has 0 unspecified atom stereocenters. The molecule has 140 valence electrons. The normalized spacial score (nSPS) is 14.6. The van der Waals surface area contributed by atoms with Gasteiger partial charge in [0.2, 0.25) is 0 Å². The van der Waals surface area contributed by atoms with E-state index >= 15 is 0 Å². The summed E-state index contributed by atoms with van der Waals surface area (Å²) in [5.41, 5.74) is -0.715. The molecule has 6 nitrogen and oxygen atoms in total. The summed E-state index contributed by atoms with van der Waals surface area (Å²) in [6.07, 6.45) is -2.96. The summed E-state index contributed by atoms with van der Waals surface area (Å²) >= 11 is 0. The standard InChI is InChI=1S/C18H16F3N5O/c19-18(20,21)14-5-1-2-6-15(14)24-17(27)26-10-8-25(9-11-26)16-13(12-22)4-3-7-23-16/h1-7H,8-11H2,(H,24,27). The number of pyridine rings is 1. The maximum atomic E-state index is 13.0. The molecular weight excluding hydrogens is 359 g/mol. The maximum Gasteiger partial charge on any atom is 0.418 e. The molecule has 0 bridgehead atoms. The van der Waals surface area contributed by atoms with Crippen molar-refractivity contribution in [3.63, 3.8) is 0 Å². The van der Waals surface area contributed by atoms with E-state index in [4.69, 9.17) is 5.26 Å². The van der Waals surface area contributed by atoms with Gasteiger partial charge in [0.25, 0.3) is 0 Å². The number of halogens is 3. The molecule has 1 aliphatic rings. The van der Waals surface area contributed by atoms with Crippen molar-refractivity contribution in [3.05, 3.63) is 53.7 Å². The van der Waals surface area contributed by atoms with Crippen LogP contribution >= 0.6 is 0 Å². The number of amides is 2. The lowest BCUT2D eigenvalue weighted by molar-refractivity contribution is -0.136. The molecule has 0 saturated carbocycles. The number of nitrogens with zero attached hydrogens (tertiary/aromatic N) is 4.